The second-order valence-corrected chi connectivity index (χ2v) is 5.98. The Kier molecular flexibility index (Phi) is 2.03. The number of hydrogen-bond acceptors (Lipinski definition) is 2. The van der Waals surface area contributed by atoms with Crippen molar-refractivity contribution in [3.05, 3.63) is 59.7 Å². The Morgan fingerprint density at radius 1 is 0.905 bits per heavy atom. The van der Waals surface area contributed by atoms with Gasteiger partial charge in [0.15, 0.2) is 0 Å². The number of nitrogens with zero attached hydrogens (tertiary/aromatic N) is 2. The lowest BCUT2D eigenvalue weighted by Crippen LogP contribution is -1.91. The second-order valence-electron chi connectivity index (χ2n) is 5.09. The van der Waals surface area contributed by atoms with Gasteiger partial charge in [-0.2, -0.15) is 0 Å². The molecule has 0 saturated heterocycles. The molecular weight excluding hydrogens is 283 g/mol. The Morgan fingerprint density at radius 2 is 1.81 bits per heavy atom. The van der Waals surface area contributed by atoms with Gasteiger partial charge in [0.25, 0.3) is 0 Å². The molecule has 3 heterocycles. The molecule has 0 saturated carbocycles. The number of rotatable bonds is 0. The van der Waals surface area contributed by atoms with Crippen molar-refractivity contribution in [2.24, 2.45) is 0 Å². The monoisotopic (exact) mass is 292 g/mol. The van der Waals surface area contributed by atoms with Crippen LogP contribution in [0.25, 0.3) is 37.7 Å². The van der Waals surface area contributed by atoms with Gasteiger partial charge in [0.2, 0.25) is 0 Å². The van der Waals surface area contributed by atoms with Crippen LogP contribution in [-0.4, -0.2) is 9.38 Å². The van der Waals surface area contributed by atoms with Gasteiger partial charge in [0.1, 0.15) is 16.3 Å². The van der Waals surface area contributed by atoms with Crippen molar-refractivity contribution in [3.63, 3.8) is 0 Å². The van der Waals surface area contributed by atoms with E-state index in [9.17, 15) is 4.39 Å². The van der Waals surface area contributed by atoms with E-state index < -0.39 is 0 Å². The molecule has 0 fully saturated rings. The van der Waals surface area contributed by atoms with Crippen molar-refractivity contribution in [2.75, 3.05) is 0 Å². The summed E-state index contributed by atoms with van der Waals surface area (Å²) in [5.74, 6) is -0.217. The maximum absolute atomic E-state index is 13.7. The summed E-state index contributed by atoms with van der Waals surface area (Å²) in [7, 11) is 0. The van der Waals surface area contributed by atoms with Gasteiger partial charge in [-0.1, -0.05) is 18.2 Å². The molecule has 0 unspecified atom stereocenters. The first-order valence-corrected chi connectivity index (χ1v) is 7.56. The van der Waals surface area contributed by atoms with E-state index in [2.05, 4.69) is 16.5 Å². The van der Waals surface area contributed by atoms with E-state index in [0.717, 1.165) is 37.7 Å². The van der Waals surface area contributed by atoms with Crippen molar-refractivity contribution in [3.8, 4) is 0 Å². The molecule has 21 heavy (non-hydrogen) atoms. The molecule has 3 aromatic heterocycles. The lowest BCUT2D eigenvalue weighted by Gasteiger charge is -2.08. The molecule has 2 nitrogen and oxygen atoms in total. The Hall–Kier alpha value is -2.46. The third-order valence-corrected chi connectivity index (χ3v) is 4.74. The quantitative estimate of drug-likeness (QED) is 0.367. The van der Waals surface area contributed by atoms with Gasteiger partial charge in [0, 0.05) is 10.8 Å². The summed E-state index contributed by atoms with van der Waals surface area (Å²) >= 11 is 1.63. The largest absolute Gasteiger partial charge is 0.291 e. The van der Waals surface area contributed by atoms with Gasteiger partial charge < -0.3 is 0 Å². The molecular formula is C17H9FN2S. The van der Waals surface area contributed by atoms with E-state index in [-0.39, 0.29) is 5.82 Å². The highest BCUT2D eigenvalue weighted by Gasteiger charge is 2.14. The van der Waals surface area contributed by atoms with Gasteiger partial charge >= 0.3 is 0 Å². The summed E-state index contributed by atoms with van der Waals surface area (Å²) in [6.07, 6.45) is 0. The van der Waals surface area contributed by atoms with Crippen molar-refractivity contribution in [1.82, 2.24) is 9.38 Å². The van der Waals surface area contributed by atoms with Gasteiger partial charge in [-0.05, 0) is 41.1 Å². The molecule has 2 aromatic carbocycles. The molecule has 0 amide bonds. The molecule has 0 bridgehead atoms. The van der Waals surface area contributed by atoms with E-state index in [4.69, 9.17) is 4.98 Å². The zero-order valence-electron chi connectivity index (χ0n) is 10.9. The van der Waals surface area contributed by atoms with Crippen LogP contribution in [0.15, 0.2) is 53.9 Å². The Bertz CT molecular complexity index is 1130. The van der Waals surface area contributed by atoms with Crippen LogP contribution >= 0.6 is 11.3 Å². The topological polar surface area (TPSA) is 17.3 Å². The SMILES string of the molecule is Fc1ccc2c(c1)c1ccccc1n1c3ccsc3nc21. The number of benzene rings is 2. The van der Waals surface area contributed by atoms with Gasteiger partial charge in [-0.3, -0.25) is 4.40 Å². The van der Waals surface area contributed by atoms with E-state index in [1.807, 2.05) is 29.6 Å². The molecule has 0 aliphatic rings. The number of aromatic nitrogens is 2. The van der Waals surface area contributed by atoms with E-state index in [0.29, 0.717) is 0 Å². The van der Waals surface area contributed by atoms with Crippen molar-refractivity contribution in [1.29, 1.82) is 0 Å². The average molecular weight is 292 g/mol. The molecule has 4 heteroatoms. The third kappa shape index (κ3) is 1.37. The van der Waals surface area contributed by atoms with Crippen LogP contribution in [0.4, 0.5) is 4.39 Å². The summed E-state index contributed by atoms with van der Waals surface area (Å²) in [6, 6.07) is 15.1. The summed E-state index contributed by atoms with van der Waals surface area (Å²) in [5.41, 5.74) is 3.06. The van der Waals surface area contributed by atoms with Crippen molar-refractivity contribution < 1.29 is 4.39 Å². The van der Waals surface area contributed by atoms with Crippen LogP contribution in [0.2, 0.25) is 0 Å². The predicted molar refractivity (Wildman–Crippen MR) is 85.5 cm³/mol. The smallest absolute Gasteiger partial charge is 0.147 e. The normalized spacial score (nSPS) is 12.0. The Balaban J connectivity index is 2.23. The first-order valence-electron chi connectivity index (χ1n) is 6.68. The number of halogens is 1. The fraction of sp³-hybridized carbons (Fsp3) is 0. The van der Waals surface area contributed by atoms with E-state index >= 15 is 0 Å². The summed E-state index contributed by atoms with van der Waals surface area (Å²) in [5, 5.41) is 4.99. The number of thiophene rings is 1. The zero-order valence-corrected chi connectivity index (χ0v) is 11.7. The molecule has 0 radical (unpaired) electrons. The molecule has 0 atom stereocenters. The Labute approximate surface area is 123 Å². The third-order valence-electron chi connectivity index (χ3n) is 3.94. The zero-order chi connectivity index (χ0) is 14.0. The lowest BCUT2D eigenvalue weighted by atomic mass is 10.1. The molecule has 5 rings (SSSR count). The van der Waals surface area contributed by atoms with Crippen LogP contribution in [0, 0.1) is 5.82 Å². The average Bonchev–Trinajstić information content (AvgIpc) is 3.08. The maximum Gasteiger partial charge on any atom is 0.147 e. The second kappa shape index (κ2) is 3.80. The molecule has 0 aliphatic heterocycles. The minimum Gasteiger partial charge on any atom is -0.291 e. The summed E-state index contributed by atoms with van der Waals surface area (Å²) in [4.78, 5) is 5.75. The number of imidazole rings is 1. The molecule has 0 spiro atoms. The van der Waals surface area contributed by atoms with Crippen LogP contribution < -0.4 is 0 Å². The number of fused-ring (bicyclic) bond motifs is 8. The van der Waals surface area contributed by atoms with E-state index in [1.54, 1.807) is 17.4 Å². The molecule has 5 aromatic rings. The number of para-hydroxylation sites is 1. The van der Waals surface area contributed by atoms with Crippen molar-refractivity contribution in [2.45, 2.75) is 0 Å². The summed E-state index contributed by atoms with van der Waals surface area (Å²) < 4.78 is 15.9. The Morgan fingerprint density at radius 3 is 2.76 bits per heavy atom. The number of pyridine rings is 1. The fourth-order valence-electron chi connectivity index (χ4n) is 3.06. The first-order chi connectivity index (χ1) is 10.3. The van der Waals surface area contributed by atoms with Crippen LogP contribution in [-0.2, 0) is 0 Å². The first kappa shape index (κ1) is 11.2. The molecule has 0 aliphatic carbocycles. The maximum atomic E-state index is 13.7. The fourth-order valence-corrected chi connectivity index (χ4v) is 3.81. The van der Waals surface area contributed by atoms with Gasteiger partial charge in [-0.25, -0.2) is 9.37 Å². The molecule has 0 N–H and O–H groups in total. The van der Waals surface area contributed by atoms with Crippen LogP contribution in [0.1, 0.15) is 0 Å². The highest BCUT2D eigenvalue weighted by molar-refractivity contribution is 7.16. The standard InChI is InChI=1S/C17H9FN2S/c18-10-5-6-12-13(9-10)11-3-1-2-4-14(11)20-15-7-8-21-17(15)19-16(12)20/h1-9H. The number of hydrogen-bond donors (Lipinski definition) is 0. The highest BCUT2D eigenvalue weighted by Crippen LogP contribution is 2.33. The molecule has 100 valence electrons. The minimum absolute atomic E-state index is 0.217. The summed E-state index contributed by atoms with van der Waals surface area (Å²) in [6.45, 7) is 0. The highest BCUT2D eigenvalue weighted by atomic mass is 32.1. The lowest BCUT2D eigenvalue weighted by molar-refractivity contribution is 0.630. The van der Waals surface area contributed by atoms with E-state index in [1.165, 1.54) is 6.07 Å². The van der Waals surface area contributed by atoms with Crippen molar-refractivity contribution >= 4 is 49.0 Å². The van der Waals surface area contributed by atoms with Crippen LogP contribution in [0.3, 0.4) is 0 Å². The predicted octanol–water partition coefficient (Wildman–Crippen LogP) is 4.99. The van der Waals surface area contributed by atoms with Gasteiger partial charge in [-0.15, -0.1) is 11.3 Å². The van der Waals surface area contributed by atoms with Crippen LogP contribution in [0.5, 0.6) is 0 Å². The van der Waals surface area contributed by atoms with Gasteiger partial charge in [0.05, 0.1) is 11.0 Å². The minimum atomic E-state index is -0.217.